The molecular formula is C19H19FN4O4. The Kier molecular flexibility index (Phi) is 4.91. The van der Waals surface area contributed by atoms with Crippen molar-refractivity contribution in [3.63, 3.8) is 0 Å². The van der Waals surface area contributed by atoms with Crippen LogP contribution in [-0.2, 0) is 16.8 Å². The Labute approximate surface area is 160 Å². The van der Waals surface area contributed by atoms with Gasteiger partial charge in [-0.25, -0.2) is 4.98 Å². The summed E-state index contributed by atoms with van der Waals surface area (Å²) in [5.74, 6) is 0.443. The molecule has 0 atom stereocenters. The highest BCUT2D eigenvalue weighted by Gasteiger charge is 2.37. The smallest absolute Gasteiger partial charge is 0.238 e. The van der Waals surface area contributed by atoms with Crippen molar-refractivity contribution in [2.24, 2.45) is 0 Å². The van der Waals surface area contributed by atoms with Crippen LogP contribution in [-0.4, -0.2) is 44.1 Å². The summed E-state index contributed by atoms with van der Waals surface area (Å²) in [6.45, 7) is 0.677. The largest absolute Gasteiger partial charge is 0.461 e. The highest BCUT2D eigenvalue weighted by molar-refractivity contribution is 5.76. The van der Waals surface area contributed by atoms with Crippen LogP contribution in [0, 0.1) is 5.95 Å². The topological polar surface area (TPSA) is 105 Å². The molecule has 0 aromatic carbocycles. The van der Waals surface area contributed by atoms with Gasteiger partial charge in [-0.3, -0.25) is 4.79 Å². The number of carbonyl (C=O) groups excluding carboxylic acids is 1. The summed E-state index contributed by atoms with van der Waals surface area (Å²) < 4.78 is 24.3. The van der Waals surface area contributed by atoms with E-state index in [0.717, 1.165) is 0 Å². The van der Waals surface area contributed by atoms with Gasteiger partial charge in [-0.15, -0.1) is 0 Å². The van der Waals surface area contributed by atoms with Gasteiger partial charge in [0, 0.05) is 37.7 Å². The second-order valence-electron chi connectivity index (χ2n) is 6.74. The molecule has 4 rings (SSSR count). The number of pyridine rings is 1. The van der Waals surface area contributed by atoms with E-state index in [1.54, 1.807) is 23.1 Å². The van der Waals surface area contributed by atoms with Crippen molar-refractivity contribution in [2.75, 3.05) is 13.1 Å². The number of piperidine rings is 1. The van der Waals surface area contributed by atoms with Crippen LogP contribution in [0.1, 0.15) is 30.7 Å². The maximum atomic E-state index is 13.9. The first-order chi connectivity index (χ1) is 13.5. The first-order valence-corrected chi connectivity index (χ1v) is 9.03. The first kappa shape index (κ1) is 18.3. The maximum absolute atomic E-state index is 13.9. The molecule has 1 fully saturated rings. The summed E-state index contributed by atoms with van der Waals surface area (Å²) in [5.41, 5.74) is -1.13. The quantitative estimate of drug-likeness (QED) is 0.671. The van der Waals surface area contributed by atoms with Crippen molar-refractivity contribution < 1.29 is 23.2 Å². The van der Waals surface area contributed by atoms with Gasteiger partial charge < -0.3 is 18.9 Å². The molecule has 0 bridgehead atoms. The van der Waals surface area contributed by atoms with Crippen LogP contribution in [0.2, 0.25) is 0 Å². The van der Waals surface area contributed by atoms with Gasteiger partial charge in [0.15, 0.2) is 5.76 Å². The molecule has 28 heavy (non-hydrogen) atoms. The molecule has 0 spiro atoms. The second-order valence-corrected chi connectivity index (χ2v) is 6.74. The lowest BCUT2D eigenvalue weighted by Gasteiger charge is -2.38. The molecule has 3 aromatic heterocycles. The molecule has 0 saturated carbocycles. The predicted octanol–water partition coefficient (Wildman–Crippen LogP) is 2.31. The van der Waals surface area contributed by atoms with Crippen molar-refractivity contribution >= 4 is 5.91 Å². The number of hydrogen-bond donors (Lipinski definition) is 1. The van der Waals surface area contributed by atoms with Gasteiger partial charge in [0.25, 0.3) is 0 Å². The zero-order chi connectivity index (χ0) is 19.6. The summed E-state index contributed by atoms with van der Waals surface area (Å²) in [6.07, 6.45) is 3.89. The SMILES string of the molecule is O=C(CCc1nc(-c2ccco2)no1)N1CCC(O)(c2cccnc2F)CC1. The Balaban J connectivity index is 1.31. The molecule has 1 aliphatic heterocycles. The molecule has 1 aliphatic rings. The summed E-state index contributed by atoms with van der Waals surface area (Å²) in [6, 6.07) is 6.57. The van der Waals surface area contributed by atoms with Gasteiger partial charge >= 0.3 is 0 Å². The number of rotatable bonds is 5. The number of halogens is 1. The van der Waals surface area contributed by atoms with Gasteiger partial charge in [-0.05, 0) is 31.0 Å². The van der Waals surface area contributed by atoms with Crippen molar-refractivity contribution in [1.29, 1.82) is 0 Å². The van der Waals surface area contributed by atoms with Crippen LogP contribution in [0.4, 0.5) is 4.39 Å². The van der Waals surface area contributed by atoms with E-state index in [2.05, 4.69) is 15.1 Å². The molecule has 1 amide bonds. The minimum Gasteiger partial charge on any atom is -0.461 e. The van der Waals surface area contributed by atoms with Crippen LogP contribution in [0.25, 0.3) is 11.6 Å². The molecule has 1 saturated heterocycles. The maximum Gasteiger partial charge on any atom is 0.238 e. The number of amides is 1. The number of nitrogens with zero attached hydrogens (tertiary/aromatic N) is 4. The minimum absolute atomic E-state index is 0.0774. The van der Waals surface area contributed by atoms with Gasteiger partial charge in [-0.2, -0.15) is 9.37 Å². The average molecular weight is 386 g/mol. The van der Waals surface area contributed by atoms with Gasteiger partial charge in [0.2, 0.25) is 23.6 Å². The zero-order valence-corrected chi connectivity index (χ0v) is 15.0. The van der Waals surface area contributed by atoms with Crippen LogP contribution in [0.5, 0.6) is 0 Å². The van der Waals surface area contributed by atoms with Crippen molar-refractivity contribution in [3.8, 4) is 11.6 Å². The number of furan rings is 1. The van der Waals surface area contributed by atoms with Gasteiger partial charge in [0.1, 0.15) is 0 Å². The number of likely N-dealkylation sites (tertiary alicyclic amines) is 1. The number of aromatic nitrogens is 3. The first-order valence-electron chi connectivity index (χ1n) is 9.03. The average Bonchev–Trinajstić information content (AvgIpc) is 3.38. The molecule has 8 nitrogen and oxygen atoms in total. The van der Waals surface area contributed by atoms with Crippen LogP contribution in [0.3, 0.4) is 0 Å². The van der Waals surface area contributed by atoms with Gasteiger partial charge in [-0.1, -0.05) is 11.2 Å². The Morgan fingerprint density at radius 2 is 2.11 bits per heavy atom. The minimum atomic E-state index is -1.31. The molecular weight excluding hydrogens is 367 g/mol. The monoisotopic (exact) mass is 386 g/mol. The van der Waals surface area contributed by atoms with Crippen LogP contribution >= 0.6 is 0 Å². The fourth-order valence-corrected chi connectivity index (χ4v) is 3.36. The standard InChI is InChI=1S/C19H19FN4O4/c20-17-13(3-1-9-21-17)19(26)7-10-24(11-8-19)16(25)6-5-15-22-18(23-28-15)14-4-2-12-27-14/h1-4,9,12,26H,5-8,10-11H2. The molecule has 0 unspecified atom stereocenters. The Hall–Kier alpha value is -3.07. The third-order valence-electron chi connectivity index (χ3n) is 4.97. The van der Waals surface area contributed by atoms with E-state index >= 15 is 0 Å². The molecule has 0 aliphatic carbocycles. The molecule has 146 valence electrons. The highest BCUT2D eigenvalue weighted by atomic mass is 19.1. The van der Waals surface area contributed by atoms with Crippen LogP contribution in [0.15, 0.2) is 45.7 Å². The van der Waals surface area contributed by atoms with Crippen molar-refractivity contribution in [3.05, 3.63) is 54.1 Å². The molecule has 4 heterocycles. The van der Waals surface area contributed by atoms with E-state index in [1.165, 1.54) is 18.5 Å². The summed E-state index contributed by atoms with van der Waals surface area (Å²) in [4.78, 5) is 21.9. The number of aliphatic hydroxyl groups is 1. The molecule has 9 heteroatoms. The van der Waals surface area contributed by atoms with Crippen molar-refractivity contribution in [1.82, 2.24) is 20.0 Å². The fourth-order valence-electron chi connectivity index (χ4n) is 3.36. The third-order valence-corrected chi connectivity index (χ3v) is 4.97. The molecule has 0 radical (unpaired) electrons. The number of hydrogen-bond acceptors (Lipinski definition) is 7. The van der Waals surface area contributed by atoms with Crippen molar-refractivity contribution in [2.45, 2.75) is 31.3 Å². The predicted molar refractivity (Wildman–Crippen MR) is 94.2 cm³/mol. The van der Waals surface area contributed by atoms with E-state index < -0.39 is 11.5 Å². The lowest BCUT2D eigenvalue weighted by molar-refractivity contribution is -0.135. The van der Waals surface area contributed by atoms with Crippen LogP contribution < -0.4 is 0 Å². The second kappa shape index (κ2) is 7.51. The van der Waals surface area contributed by atoms with E-state index in [1.807, 2.05) is 0 Å². The van der Waals surface area contributed by atoms with Gasteiger partial charge in [0.05, 0.1) is 11.9 Å². The van der Waals surface area contributed by atoms with E-state index in [9.17, 15) is 14.3 Å². The summed E-state index contributed by atoms with van der Waals surface area (Å²) >= 11 is 0. The Bertz CT molecular complexity index is 949. The number of aryl methyl sites for hydroxylation is 1. The fraction of sp³-hybridized carbons (Fsp3) is 0.368. The Morgan fingerprint density at radius 1 is 1.29 bits per heavy atom. The van der Waals surface area contributed by atoms with E-state index in [-0.39, 0.29) is 30.7 Å². The summed E-state index contributed by atoms with van der Waals surface area (Å²) in [5, 5.41) is 14.6. The molecule has 1 N–H and O–H groups in total. The summed E-state index contributed by atoms with van der Waals surface area (Å²) in [7, 11) is 0. The third kappa shape index (κ3) is 3.65. The molecule has 3 aromatic rings. The zero-order valence-electron chi connectivity index (χ0n) is 15.0. The highest BCUT2D eigenvalue weighted by Crippen LogP contribution is 2.33. The van der Waals surface area contributed by atoms with E-state index in [0.29, 0.717) is 37.0 Å². The Morgan fingerprint density at radius 3 is 2.82 bits per heavy atom. The lowest BCUT2D eigenvalue weighted by Crippen LogP contribution is -2.45. The number of carbonyl (C=O) groups is 1. The lowest BCUT2D eigenvalue weighted by atomic mass is 9.85. The normalized spacial score (nSPS) is 16.3. The van der Waals surface area contributed by atoms with E-state index in [4.69, 9.17) is 8.94 Å².